The lowest BCUT2D eigenvalue weighted by atomic mass is 10.3. The van der Waals surface area contributed by atoms with Gasteiger partial charge in [0.2, 0.25) is 5.91 Å². The molecule has 1 fully saturated rings. The van der Waals surface area contributed by atoms with Crippen LogP contribution in [0.25, 0.3) is 0 Å². The molecule has 2 rings (SSSR count). The van der Waals surface area contributed by atoms with Gasteiger partial charge in [-0.3, -0.25) is 9.59 Å². The van der Waals surface area contributed by atoms with Crippen molar-refractivity contribution in [2.75, 3.05) is 19.6 Å². The molecular formula is C10H12N2O3. The van der Waals surface area contributed by atoms with Crippen LogP contribution in [0.15, 0.2) is 23.0 Å². The second-order valence-electron chi connectivity index (χ2n) is 3.44. The SMILES string of the molecule is O=C1CN(C(=O)c2ccoc2)CCCN1. The number of hydrogen-bond donors (Lipinski definition) is 1. The van der Waals surface area contributed by atoms with Gasteiger partial charge < -0.3 is 14.6 Å². The van der Waals surface area contributed by atoms with Crippen molar-refractivity contribution < 1.29 is 14.0 Å². The molecule has 2 heterocycles. The maximum atomic E-state index is 11.8. The van der Waals surface area contributed by atoms with Crippen molar-refractivity contribution in [3.63, 3.8) is 0 Å². The molecule has 1 aliphatic heterocycles. The van der Waals surface area contributed by atoms with Crippen molar-refractivity contribution in [2.45, 2.75) is 6.42 Å². The summed E-state index contributed by atoms with van der Waals surface area (Å²) in [6, 6.07) is 1.60. The molecule has 0 aromatic carbocycles. The van der Waals surface area contributed by atoms with Crippen LogP contribution in [0.2, 0.25) is 0 Å². The van der Waals surface area contributed by atoms with Crippen LogP contribution in [-0.2, 0) is 4.79 Å². The summed E-state index contributed by atoms with van der Waals surface area (Å²) in [6.07, 6.45) is 3.63. The van der Waals surface area contributed by atoms with E-state index in [-0.39, 0.29) is 18.4 Å². The molecule has 80 valence electrons. The number of furan rings is 1. The van der Waals surface area contributed by atoms with Crippen molar-refractivity contribution in [3.8, 4) is 0 Å². The van der Waals surface area contributed by atoms with E-state index in [0.717, 1.165) is 6.42 Å². The van der Waals surface area contributed by atoms with E-state index in [1.54, 1.807) is 6.07 Å². The molecule has 0 radical (unpaired) electrons. The standard InChI is InChI=1S/C10H12N2O3/c13-9-6-12(4-1-3-11-9)10(14)8-2-5-15-7-8/h2,5,7H,1,3-4,6H2,(H,11,13). The molecule has 1 saturated heterocycles. The van der Waals surface area contributed by atoms with E-state index in [2.05, 4.69) is 5.32 Å². The van der Waals surface area contributed by atoms with Gasteiger partial charge in [0.15, 0.2) is 0 Å². The van der Waals surface area contributed by atoms with Crippen LogP contribution in [-0.4, -0.2) is 36.3 Å². The highest BCUT2D eigenvalue weighted by Crippen LogP contribution is 2.07. The number of nitrogens with zero attached hydrogens (tertiary/aromatic N) is 1. The molecule has 1 aromatic rings. The first kappa shape index (κ1) is 9.76. The van der Waals surface area contributed by atoms with Crippen LogP contribution < -0.4 is 5.32 Å². The lowest BCUT2D eigenvalue weighted by Gasteiger charge is -2.17. The topological polar surface area (TPSA) is 62.6 Å². The summed E-state index contributed by atoms with van der Waals surface area (Å²) in [7, 11) is 0. The first-order valence-electron chi connectivity index (χ1n) is 4.85. The number of carbonyl (C=O) groups excluding carboxylic acids is 2. The highest BCUT2D eigenvalue weighted by Gasteiger charge is 2.21. The zero-order valence-electron chi connectivity index (χ0n) is 8.23. The van der Waals surface area contributed by atoms with Gasteiger partial charge >= 0.3 is 0 Å². The van der Waals surface area contributed by atoms with Crippen LogP contribution in [0.4, 0.5) is 0 Å². The van der Waals surface area contributed by atoms with Gasteiger partial charge in [0, 0.05) is 13.1 Å². The van der Waals surface area contributed by atoms with Crippen LogP contribution in [0, 0.1) is 0 Å². The van der Waals surface area contributed by atoms with Crippen molar-refractivity contribution in [1.82, 2.24) is 10.2 Å². The number of nitrogens with one attached hydrogen (secondary N) is 1. The Hall–Kier alpha value is -1.78. The quantitative estimate of drug-likeness (QED) is 0.719. The minimum atomic E-state index is -0.152. The summed E-state index contributed by atoms with van der Waals surface area (Å²) >= 11 is 0. The fourth-order valence-corrected chi connectivity index (χ4v) is 1.55. The molecule has 0 saturated carbocycles. The van der Waals surface area contributed by atoms with Crippen molar-refractivity contribution >= 4 is 11.8 Å². The van der Waals surface area contributed by atoms with E-state index in [4.69, 9.17) is 4.42 Å². The smallest absolute Gasteiger partial charge is 0.257 e. The highest BCUT2D eigenvalue weighted by atomic mass is 16.3. The lowest BCUT2D eigenvalue weighted by molar-refractivity contribution is -0.121. The van der Waals surface area contributed by atoms with E-state index < -0.39 is 0 Å². The number of carbonyl (C=O) groups is 2. The maximum absolute atomic E-state index is 11.8. The lowest BCUT2D eigenvalue weighted by Crippen LogP contribution is -2.37. The molecule has 15 heavy (non-hydrogen) atoms. The van der Waals surface area contributed by atoms with E-state index in [1.165, 1.54) is 17.4 Å². The van der Waals surface area contributed by atoms with Crippen LogP contribution >= 0.6 is 0 Å². The summed E-state index contributed by atoms with van der Waals surface area (Å²) in [5.41, 5.74) is 0.490. The Morgan fingerprint density at radius 3 is 3.13 bits per heavy atom. The maximum Gasteiger partial charge on any atom is 0.257 e. The molecule has 0 aliphatic carbocycles. The fraction of sp³-hybridized carbons (Fsp3) is 0.400. The average Bonchev–Trinajstić information content (AvgIpc) is 2.67. The normalized spacial score (nSPS) is 17.1. The monoisotopic (exact) mass is 208 g/mol. The van der Waals surface area contributed by atoms with Crippen molar-refractivity contribution in [1.29, 1.82) is 0 Å². The minimum absolute atomic E-state index is 0.107. The second-order valence-corrected chi connectivity index (χ2v) is 3.44. The van der Waals surface area contributed by atoms with Gasteiger partial charge in [-0.15, -0.1) is 0 Å². The van der Waals surface area contributed by atoms with Gasteiger partial charge in [0.1, 0.15) is 6.26 Å². The van der Waals surface area contributed by atoms with Crippen molar-refractivity contribution in [2.24, 2.45) is 0 Å². The van der Waals surface area contributed by atoms with Crippen LogP contribution in [0.1, 0.15) is 16.8 Å². The third-order valence-corrected chi connectivity index (χ3v) is 2.32. The zero-order chi connectivity index (χ0) is 10.7. The Morgan fingerprint density at radius 1 is 1.53 bits per heavy atom. The van der Waals surface area contributed by atoms with Crippen LogP contribution in [0.3, 0.4) is 0 Å². The second kappa shape index (κ2) is 4.16. The molecule has 2 amide bonds. The van der Waals surface area contributed by atoms with Crippen LogP contribution in [0.5, 0.6) is 0 Å². The molecular weight excluding hydrogens is 196 g/mol. The molecule has 5 nitrogen and oxygen atoms in total. The first-order chi connectivity index (χ1) is 7.27. The molecule has 0 atom stereocenters. The summed E-state index contributed by atoms with van der Waals surface area (Å²) in [6.45, 7) is 1.36. The Labute approximate surface area is 87.0 Å². The van der Waals surface area contributed by atoms with E-state index in [0.29, 0.717) is 18.7 Å². The van der Waals surface area contributed by atoms with Crippen molar-refractivity contribution in [3.05, 3.63) is 24.2 Å². The van der Waals surface area contributed by atoms with Gasteiger partial charge in [-0.05, 0) is 12.5 Å². The third kappa shape index (κ3) is 2.18. The summed E-state index contributed by atoms with van der Waals surface area (Å²) < 4.78 is 4.84. The fourth-order valence-electron chi connectivity index (χ4n) is 1.55. The largest absolute Gasteiger partial charge is 0.472 e. The molecule has 1 N–H and O–H groups in total. The Bertz CT molecular complexity index is 359. The third-order valence-electron chi connectivity index (χ3n) is 2.32. The Kier molecular flexibility index (Phi) is 2.71. The summed E-state index contributed by atoms with van der Waals surface area (Å²) in [5, 5.41) is 2.72. The Morgan fingerprint density at radius 2 is 2.40 bits per heavy atom. The van der Waals surface area contributed by atoms with E-state index in [9.17, 15) is 9.59 Å². The van der Waals surface area contributed by atoms with Gasteiger partial charge in [0.25, 0.3) is 5.91 Å². The predicted molar refractivity (Wildman–Crippen MR) is 52.2 cm³/mol. The van der Waals surface area contributed by atoms with Gasteiger partial charge in [-0.1, -0.05) is 0 Å². The summed E-state index contributed by atoms with van der Waals surface area (Å²) in [4.78, 5) is 24.6. The molecule has 0 spiro atoms. The molecule has 1 aromatic heterocycles. The average molecular weight is 208 g/mol. The molecule has 5 heteroatoms. The van der Waals surface area contributed by atoms with E-state index in [1.807, 2.05) is 0 Å². The minimum Gasteiger partial charge on any atom is -0.472 e. The zero-order valence-corrected chi connectivity index (χ0v) is 8.23. The van der Waals surface area contributed by atoms with Gasteiger partial charge in [0.05, 0.1) is 18.4 Å². The molecule has 0 unspecified atom stereocenters. The Balaban J connectivity index is 2.09. The summed E-state index contributed by atoms with van der Waals surface area (Å²) in [5.74, 6) is -0.259. The molecule has 0 bridgehead atoms. The number of amides is 2. The first-order valence-corrected chi connectivity index (χ1v) is 4.85. The highest BCUT2D eigenvalue weighted by molar-refractivity contribution is 5.96. The number of rotatable bonds is 1. The molecule has 1 aliphatic rings. The number of hydrogen-bond acceptors (Lipinski definition) is 3. The van der Waals surface area contributed by atoms with Gasteiger partial charge in [-0.25, -0.2) is 0 Å². The van der Waals surface area contributed by atoms with E-state index >= 15 is 0 Å². The van der Waals surface area contributed by atoms with Gasteiger partial charge in [-0.2, -0.15) is 0 Å². The predicted octanol–water partition coefficient (Wildman–Crippen LogP) is 0.242.